The largest absolute Gasteiger partial charge is 0.493 e. The number of hydrogen-bond donors (Lipinski definition) is 1. The molecule has 0 bridgehead atoms. The molecule has 1 aromatic rings. The number of ether oxygens (including phenoxy) is 3. The Hall–Kier alpha value is -1.50. The lowest BCUT2D eigenvalue weighted by Gasteiger charge is -2.41. The number of aliphatic hydroxyl groups excluding tert-OH is 1. The molecule has 0 unspecified atom stereocenters. The molecule has 0 aliphatic carbocycles. The zero-order chi connectivity index (χ0) is 19.2. The van der Waals surface area contributed by atoms with Crippen molar-refractivity contribution in [3.05, 3.63) is 17.7 Å². The van der Waals surface area contributed by atoms with Crippen molar-refractivity contribution in [1.29, 1.82) is 0 Å². The number of nitrogens with zero attached hydrogens (tertiary/aromatic N) is 2. The molecule has 3 rings (SSSR count). The molecule has 2 aliphatic heterocycles. The lowest BCUT2D eigenvalue weighted by Crippen LogP contribution is -2.54. The van der Waals surface area contributed by atoms with Gasteiger partial charge >= 0.3 is 0 Å². The first-order chi connectivity index (χ1) is 13.2. The van der Waals surface area contributed by atoms with Gasteiger partial charge in [-0.25, -0.2) is 0 Å². The van der Waals surface area contributed by atoms with Gasteiger partial charge in [-0.05, 0) is 38.4 Å². The average Bonchev–Trinajstić information content (AvgIpc) is 2.97. The van der Waals surface area contributed by atoms with Crippen LogP contribution in [-0.2, 0) is 6.54 Å². The molecular formula is C21H34N2O4. The van der Waals surface area contributed by atoms with Gasteiger partial charge in [0.25, 0.3) is 0 Å². The van der Waals surface area contributed by atoms with Crippen LogP contribution in [0.25, 0.3) is 0 Å². The molecule has 2 saturated heterocycles. The molecule has 0 amide bonds. The monoisotopic (exact) mass is 378 g/mol. The second-order valence-electron chi connectivity index (χ2n) is 7.60. The maximum Gasteiger partial charge on any atom is 0.203 e. The minimum atomic E-state index is -0.303. The van der Waals surface area contributed by atoms with E-state index in [0.29, 0.717) is 29.8 Å². The van der Waals surface area contributed by atoms with Crippen LogP contribution in [0.2, 0.25) is 0 Å². The van der Waals surface area contributed by atoms with E-state index in [-0.39, 0.29) is 6.10 Å². The zero-order valence-corrected chi connectivity index (χ0v) is 16.9. The van der Waals surface area contributed by atoms with Gasteiger partial charge in [-0.15, -0.1) is 0 Å². The Labute approximate surface area is 163 Å². The van der Waals surface area contributed by atoms with Gasteiger partial charge in [0.05, 0.1) is 27.4 Å². The summed E-state index contributed by atoms with van der Waals surface area (Å²) < 4.78 is 16.5. The quantitative estimate of drug-likeness (QED) is 0.821. The maximum atomic E-state index is 10.8. The number of rotatable bonds is 6. The molecule has 1 aromatic carbocycles. The molecule has 0 aromatic heterocycles. The number of likely N-dealkylation sites (tertiary alicyclic amines) is 2. The number of benzene rings is 1. The summed E-state index contributed by atoms with van der Waals surface area (Å²) >= 11 is 0. The standard InChI is InChI=1S/C21H34N2O4/c1-25-19-9-8-16(20(26-2)21(19)27-3)14-22-13-10-17(18(24)15-22)23-11-6-4-5-7-12-23/h8-9,17-18,24H,4-7,10-15H2,1-3H3/t17-,18-/m0/s1. The highest BCUT2D eigenvalue weighted by molar-refractivity contribution is 5.55. The Morgan fingerprint density at radius 1 is 0.926 bits per heavy atom. The summed E-state index contributed by atoms with van der Waals surface area (Å²) in [5.41, 5.74) is 1.05. The van der Waals surface area contributed by atoms with Crippen molar-refractivity contribution in [2.45, 2.75) is 50.8 Å². The first-order valence-corrected chi connectivity index (χ1v) is 10.1. The Kier molecular flexibility index (Phi) is 7.21. The third-order valence-electron chi connectivity index (χ3n) is 5.92. The molecule has 0 spiro atoms. The molecule has 152 valence electrons. The number of methoxy groups -OCH3 is 3. The van der Waals surface area contributed by atoms with Crippen LogP contribution in [0.5, 0.6) is 17.2 Å². The van der Waals surface area contributed by atoms with Crippen molar-refractivity contribution in [1.82, 2.24) is 9.80 Å². The van der Waals surface area contributed by atoms with E-state index in [1.165, 1.54) is 25.7 Å². The number of hydrogen-bond acceptors (Lipinski definition) is 6. The van der Waals surface area contributed by atoms with E-state index in [1.807, 2.05) is 12.1 Å². The molecule has 2 aliphatic rings. The van der Waals surface area contributed by atoms with Crippen LogP contribution in [-0.4, -0.2) is 74.6 Å². The van der Waals surface area contributed by atoms with Gasteiger partial charge in [0, 0.05) is 31.2 Å². The van der Waals surface area contributed by atoms with Crippen molar-refractivity contribution >= 4 is 0 Å². The molecule has 6 heteroatoms. The normalized spacial score (nSPS) is 25.0. The first kappa shape index (κ1) is 20.2. The predicted molar refractivity (Wildman–Crippen MR) is 106 cm³/mol. The van der Waals surface area contributed by atoms with E-state index < -0.39 is 0 Å². The van der Waals surface area contributed by atoms with E-state index in [0.717, 1.165) is 38.2 Å². The van der Waals surface area contributed by atoms with Crippen LogP contribution < -0.4 is 14.2 Å². The van der Waals surface area contributed by atoms with Crippen molar-refractivity contribution < 1.29 is 19.3 Å². The molecule has 1 N–H and O–H groups in total. The minimum Gasteiger partial charge on any atom is -0.493 e. The predicted octanol–water partition coefficient (Wildman–Crippen LogP) is 2.52. The van der Waals surface area contributed by atoms with E-state index >= 15 is 0 Å². The highest BCUT2D eigenvalue weighted by atomic mass is 16.5. The second kappa shape index (κ2) is 9.62. The molecule has 6 nitrogen and oxygen atoms in total. The molecule has 0 radical (unpaired) electrons. The molecule has 2 heterocycles. The minimum absolute atomic E-state index is 0.298. The van der Waals surface area contributed by atoms with Gasteiger partial charge in [0.1, 0.15) is 0 Å². The SMILES string of the molecule is COc1ccc(CN2CC[C@H](N3CCCCCC3)[C@@H](O)C2)c(OC)c1OC. The fourth-order valence-corrected chi connectivity index (χ4v) is 4.51. The van der Waals surface area contributed by atoms with Gasteiger partial charge in [0.15, 0.2) is 11.5 Å². The molecule has 0 saturated carbocycles. The van der Waals surface area contributed by atoms with Crippen LogP contribution in [0.1, 0.15) is 37.7 Å². The highest BCUT2D eigenvalue weighted by Crippen LogP contribution is 2.40. The Morgan fingerprint density at radius 2 is 1.63 bits per heavy atom. The van der Waals surface area contributed by atoms with Gasteiger partial charge in [-0.2, -0.15) is 0 Å². The summed E-state index contributed by atoms with van der Waals surface area (Å²) in [6.07, 6.45) is 5.88. The Bertz CT molecular complexity index is 602. The van der Waals surface area contributed by atoms with Crippen LogP contribution in [0.3, 0.4) is 0 Å². The topological polar surface area (TPSA) is 54.4 Å². The van der Waals surface area contributed by atoms with Crippen LogP contribution in [0.15, 0.2) is 12.1 Å². The van der Waals surface area contributed by atoms with E-state index in [2.05, 4.69) is 9.80 Å². The van der Waals surface area contributed by atoms with Gasteiger partial charge in [-0.1, -0.05) is 18.9 Å². The van der Waals surface area contributed by atoms with Gasteiger partial charge < -0.3 is 19.3 Å². The number of piperidine rings is 1. The lowest BCUT2D eigenvalue weighted by atomic mass is 9.99. The number of aliphatic hydroxyl groups is 1. The van der Waals surface area contributed by atoms with Crippen LogP contribution >= 0.6 is 0 Å². The fourth-order valence-electron chi connectivity index (χ4n) is 4.51. The Morgan fingerprint density at radius 3 is 2.22 bits per heavy atom. The highest BCUT2D eigenvalue weighted by Gasteiger charge is 2.32. The molecular weight excluding hydrogens is 344 g/mol. The Balaban J connectivity index is 1.66. The summed E-state index contributed by atoms with van der Waals surface area (Å²) in [7, 11) is 4.91. The zero-order valence-electron chi connectivity index (χ0n) is 16.9. The van der Waals surface area contributed by atoms with Crippen molar-refractivity contribution in [2.75, 3.05) is 47.5 Å². The van der Waals surface area contributed by atoms with Gasteiger partial charge in [-0.3, -0.25) is 9.80 Å². The van der Waals surface area contributed by atoms with Crippen molar-refractivity contribution in [3.63, 3.8) is 0 Å². The van der Waals surface area contributed by atoms with Crippen molar-refractivity contribution in [2.24, 2.45) is 0 Å². The number of β-amino-alcohol motifs (C(OH)–C–C–N with tert-alkyl or cyclic N) is 1. The molecule has 27 heavy (non-hydrogen) atoms. The van der Waals surface area contributed by atoms with Crippen LogP contribution in [0.4, 0.5) is 0 Å². The van der Waals surface area contributed by atoms with Crippen LogP contribution in [0, 0.1) is 0 Å². The fraction of sp³-hybridized carbons (Fsp3) is 0.714. The molecule has 2 atom stereocenters. The summed E-state index contributed by atoms with van der Waals surface area (Å²) in [4.78, 5) is 4.83. The third-order valence-corrected chi connectivity index (χ3v) is 5.92. The van der Waals surface area contributed by atoms with Gasteiger partial charge in [0.2, 0.25) is 5.75 Å². The van der Waals surface area contributed by atoms with E-state index in [4.69, 9.17) is 14.2 Å². The lowest BCUT2D eigenvalue weighted by molar-refractivity contribution is -0.0145. The second-order valence-corrected chi connectivity index (χ2v) is 7.60. The smallest absolute Gasteiger partial charge is 0.203 e. The third kappa shape index (κ3) is 4.68. The van der Waals surface area contributed by atoms with Crippen molar-refractivity contribution in [3.8, 4) is 17.2 Å². The first-order valence-electron chi connectivity index (χ1n) is 10.1. The van der Waals surface area contributed by atoms with E-state index in [1.54, 1.807) is 21.3 Å². The van der Waals surface area contributed by atoms with E-state index in [9.17, 15) is 5.11 Å². The summed E-state index contributed by atoms with van der Waals surface area (Å²) in [6, 6.07) is 4.23. The average molecular weight is 379 g/mol. The molecule has 2 fully saturated rings. The maximum absolute atomic E-state index is 10.8. The summed E-state index contributed by atoms with van der Waals surface area (Å²) in [6.45, 7) is 4.66. The summed E-state index contributed by atoms with van der Waals surface area (Å²) in [5, 5.41) is 10.8. The summed E-state index contributed by atoms with van der Waals surface area (Å²) in [5.74, 6) is 2.00.